The van der Waals surface area contributed by atoms with Gasteiger partial charge >= 0.3 is 5.97 Å². The molecule has 2 saturated heterocycles. The monoisotopic (exact) mass is 385 g/mol. The third-order valence-corrected chi connectivity index (χ3v) is 6.87. The van der Waals surface area contributed by atoms with Crippen LogP contribution in [-0.4, -0.2) is 64.5 Å². The second-order valence-corrected chi connectivity index (χ2v) is 8.71. The van der Waals surface area contributed by atoms with Gasteiger partial charge in [-0.1, -0.05) is 6.07 Å². The molecule has 0 radical (unpaired) electrons. The maximum absolute atomic E-state index is 13.0. The van der Waals surface area contributed by atoms with Gasteiger partial charge in [0.05, 0.1) is 12.0 Å². The number of likely N-dealkylation sites (tertiary alicyclic amines) is 2. The number of carbonyl (C=O) groups is 2. The maximum atomic E-state index is 13.0. The molecule has 28 heavy (non-hydrogen) atoms. The zero-order chi connectivity index (χ0) is 19.6. The zero-order valence-corrected chi connectivity index (χ0v) is 16.7. The summed E-state index contributed by atoms with van der Waals surface area (Å²) in [5.74, 6) is -0.494. The minimum Gasteiger partial charge on any atom is -0.480 e. The number of aliphatic carboxylic acids is 1. The van der Waals surface area contributed by atoms with Crippen LogP contribution in [0.15, 0.2) is 12.1 Å². The Morgan fingerprint density at radius 2 is 1.86 bits per heavy atom. The fourth-order valence-electron chi connectivity index (χ4n) is 5.12. The molecule has 1 aliphatic carbocycles. The average Bonchev–Trinajstić information content (AvgIpc) is 2.99. The highest BCUT2D eigenvalue weighted by atomic mass is 16.4. The number of carbonyl (C=O) groups excluding carboxylic acids is 1. The first-order valence-corrected chi connectivity index (χ1v) is 10.8. The second-order valence-electron chi connectivity index (χ2n) is 8.71. The van der Waals surface area contributed by atoms with Gasteiger partial charge in [-0.3, -0.25) is 19.5 Å². The van der Waals surface area contributed by atoms with Crippen LogP contribution in [-0.2, 0) is 28.9 Å². The maximum Gasteiger partial charge on any atom is 0.317 e. The number of rotatable bonds is 6. The molecule has 0 unspecified atom stereocenters. The Balaban J connectivity index is 1.26. The van der Waals surface area contributed by atoms with Crippen molar-refractivity contribution in [3.05, 3.63) is 29.1 Å². The van der Waals surface area contributed by atoms with Gasteiger partial charge in [0.2, 0.25) is 5.91 Å². The van der Waals surface area contributed by atoms with Crippen LogP contribution < -0.4 is 0 Å². The SMILES string of the molecule is O=C(O)CN1CCC2(CC1)CCN(CCCc1ccc3c(n1)CCCC3)C2=O. The van der Waals surface area contributed by atoms with E-state index in [0.717, 1.165) is 63.7 Å². The van der Waals surface area contributed by atoms with Crippen molar-refractivity contribution in [1.29, 1.82) is 0 Å². The van der Waals surface area contributed by atoms with Gasteiger partial charge < -0.3 is 10.0 Å². The standard InChI is InChI=1S/C22H31N3O3/c26-20(27)16-24-13-9-22(10-14-24)11-15-25(21(22)28)12-3-5-18-8-7-17-4-1-2-6-19(17)23-18/h7-8H,1-6,9-16H2,(H,26,27). The number of piperidine rings is 1. The van der Waals surface area contributed by atoms with Crippen molar-refractivity contribution in [2.75, 3.05) is 32.7 Å². The molecule has 4 rings (SSSR count). The Hall–Kier alpha value is -1.95. The molecule has 0 aromatic carbocycles. The highest BCUT2D eigenvalue weighted by Gasteiger charge is 2.47. The van der Waals surface area contributed by atoms with Crippen LogP contribution in [0.5, 0.6) is 0 Å². The lowest BCUT2D eigenvalue weighted by Crippen LogP contribution is -2.46. The van der Waals surface area contributed by atoms with E-state index in [2.05, 4.69) is 12.1 Å². The number of aryl methyl sites for hydroxylation is 3. The molecule has 2 aliphatic heterocycles. The highest BCUT2D eigenvalue weighted by molar-refractivity contribution is 5.85. The van der Waals surface area contributed by atoms with Gasteiger partial charge in [0.1, 0.15) is 0 Å². The predicted octanol–water partition coefficient (Wildman–Crippen LogP) is 2.29. The van der Waals surface area contributed by atoms with E-state index < -0.39 is 5.97 Å². The van der Waals surface area contributed by atoms with Crippen LogP contribution in [0, 0.1) is 5.41 Å². The quantitative estimate of drug-likeness (QED) is 0.813. The first kappa shape index (κ1) is 19.4. The molecule has 0 bridgehead atoms. The summed E-state index contributed by atoms with van der Waals surface area (Å²) < 4.78 is 0. The topological polar surface area (TPSA) is 73.7 Å². The third kappa shape index (κ3) is 4.07. The molecule has 1 N–H and O–H groups in total. The van der Waals surface area contributed by atoms with E-state index in [9.17, 15) is 9.59 Å². The van der Waals surface area contributed by atoms with E-state index in [1.807, 2.05) is 9.80 Å². The van der Waals surface area contributed by atoms with Crippen molar-refractivity contribution in [3.8, 4) is 0 Å². The van der Waals surface area contributed by atoms with Crippen LogP contribution >= 0.6 is 0 Å². The lowest BCUT2D eigenvalue weighted by atomic mass is 9.77. The summed E-state index contributed by atoms with van der Waals surface area (Å²) in [6.45, 7) is 3.16. The number of hydrogen-bond acceptors (Lipinski definition) is 4. The van der Waals surface area contributed by atoms with E-state index >= 15 is 0 Å². The van der Waals surface area contributed by atoms with Gasteiger partial charge in [-0.2, -0.15) is 0 Å². The molecule has 1 aromatic heterocycles. The van der Waals surface area contributed by atoms with Crippen molar-refractivity contribution < 1.29 is 14.7 Å². The molecule has 6 nitrogen and oxygen atoms in total. The van der Waals surface area contributed by atoms with E-state index in [4.69, 9.17) is 10.1 Å². The number of pyridine rings is 1. The molecule has 0 atom stereocenters. The van der Waals surface area contributed by atoms with Crippen molar-refractivity contribution in [2.45, 2.75) is 57.8 Å². The Bertz CT molecular complexity index is 741. The van der Waals surface area contributed by atoms with Crippen LogP contribution in [0.2, 0.25) is 0 Å². The fourth-order valence-corrected chi connectivity index (χ4v) is 5.12. The van der Waals surface area contributed by atoms with Crippen LogP contribution in [0.25, 0.3) is 0 Å². The predicted molar refractivity (Wildman–Crippen MR) is 106 cm³/mol. The fraction of sp³-hybridized carbons (Fsp3) is 0.682. The molecular weight excluding hydrogens is 354 g/mol. The summed E-state index contributed by atoms with van der Waals surface area (Å²) in [6.07, 6.45) is 9.19. The van der Waals surface area contributed by atoms with Crippen molar-refractivity contribution >= 4 is 11.9 Å². The summed E-state index contributed by atoms with van der Waals surface area (Å²) in [4.78, 5) is 32.7. The van der Waals surface area contributed by atoms with Crippen molar-refractivity contribution in [1.82, 2.24) is 14.8 Å². The van der Waals surface area contributed by atoms with Crippen LogP contribution in [0.3, 0.4) is 0 Å². The highest BCUT2D eigenvalue weighted by Crippen LogP contribution is 2.41. The normalized spacial score (nSPS) is 21.9. The lowest BCUT2D eigenvalue weighted by molar-refractivity contribution is -0.140. The van der Waals surface area contributed by atoms with Gasteiger partial charge in [0, 0.05) is 24.5 Å². The zero-order valence-electron chi connectivity index (χ0n) is 16.7. The Kier molecular flexibility index (Phi) is 5.67. The second kappa shape index (κ2) is 8.19. The summed E-state index contributed by atoms with van der Waals surface area (Å²) in [6, 6.07) is 4.41. The summed E-state index contributed by atoms with van der Waals surface area (Å²) in [7, 11) is 0. The van der Waals surface area contributed by atoms with E-state index in [1.54, 1.807) is 0 Å². The molecule has 152 valence electrons. The van der Waals surface area contributed by atoms with Gasteiger partial charge in [0.25, 0.3) is 0 Å². The molecule has 0 saturated carbocycles. The molecule has 6 heteroatoms. The first-order valence-electron chi connectivity index (χ1n) is 10.8. The Morgan fingerprint density at radius 3 is 2.64 bits per heavy atom. The van der Waals surface area contributed by atoms with Gasteiger partial charge in [-0.25, -0.2) is 0 Å². The first-order chi connectivity index (χ1) is 13.6. The number of amides is 1. The third-order valence-electron chi connectivity index (χ3n) is 6.87. The number of carboxylic acid groups (broad SMARTS) is 1. The molecular formula is C22H31N3O3. The number of nitrogens with zero attached hydrogens (tertiary/aromatic N) is 3. The van der Waals surface area contributed by atoms with Gasteiger partial charge in [-0.15, -0.1) is 0 Å². The van der Waals surface area contributed by atoms with Crippen molar-refractivity contribution in [3.63, 3.8) is 0 Å². The van der Waals surface area contributed by atoms with Gasteiger partial charge in [0.15, 0.2) is 0 Å². The largest absolute Gasteiger partial charge is 0.480 e. The summed E-state index contributed by atoms with van der Waals surface area (Å²) >= 11 is 0. The Labute approximate surface area is 166 Å². The number of hydrogen-bond donors (Lipinski definition) is 1. The van der Waals surface area contributed by atoms with Crippen molar-refractivity contribution in [2.24, 2.45) is 5.41 Å². The smallest absolute Gasteiger partial charge is 0.317 e. The Morgan fingerprint density at radius 1 is 1.11 bits per heavy atom. The summed E-state index contributed by atoms with van der Waals surface area (Å²) in [5.41, 5.74) is 3.62. The van der Waals surface area contributed by atoms with E-state index in [1.165, 1.54) is 24.1 Å². The minimum absolute atomic E-state index is 0.0851. The molecule has 3 aliphatic rings. The number of fused-ring (bicyclic) bond motifs is 1. The summed E-state index contributed by atoms with van der Waals surface area (Å²) in [5, 5.41) is 8.95. The van der Waals surface area contributed by atoms with Crippen LogP contribution in [0.1, 0.15) is 55.5 Å². The molecule has 1 spiro atoms. The van der Waals surface area contributed by atoms with E-state index in [0.29, 0.717) is 19.0 Å². The molecule has 1 aromatic rings. The minimum atomic E-state index is -0.786. The molecule has 3 heterocycles. The van der Waals surface area contributed by atoms with E-state index in [-0.39, 0.29) is 12.0 Å². The molecule has 1 amide bonds. The average molecular weight is 386 g/mol. The van der Waals surface area contributed by atoms with Gasteiger partial charge in [-0.05, 0) is 82.5 Å². The van der Waals surface area contributed by atoms with Crippen LogP contribution in [0.4, 0.5) is 0 Å². The lowest BCUT2D eigenvalue weighted by Gasteiger charge is -2.37. The molecule has 2 fully saturated rings. The number of aromatic nitrogens is 1. The number of carboxylic acids is 1.